The molecule has 0 radical (unpaired) electrons. The zero-order valence-corrected chi connectivity index (χ0v) is 18.6. The number of halogens is 1. The molecule has 3 rings (SSSR count). The topological polar surface area (TPSA) is 92.7 Å². The summed E-state index contributed by atoms with van der Waals surface area (Å²) in [5, 5.41) is 27.3. The molecule has 0 spiro atoms. The van der Waals surface area contributed by atoms with Crippen molar-refractivity contribution in [3.63, 3.8) is 0 Å². The van der Waals surface area contributed by atoms with E-state index in [1.165, 1.54) is 12.1 Å². The van der Waals surface area contributed by atoms with E-state index in [1.807, 2.05) is 24.3 Å². The summed E-state index contributed by atoms with van der Waals surface area (Å²) in [5.41, 5.74) is 2.71. The molecule has 0 fully saturated rings. The van der Waals surface area contributed by atoms with Crippen molar-refractivity contribution in [3.05, 3.63) is 54.2 Å². The predicted molar refractivity (Wildman–Crippen MR) is 122 cm³/mol. The quantitative estimate of drug-likeness (QED) is 0.229. The Kier molecular flexibility index (Phi) is 10.9. The van der Waals surface area contributed by atoms with Crippen LogP contribution < -0.4 is 17.3 Å². The first-order chi connectivity index (χ1) is 14.5. The standard InChI is InChI=1S/C23H28N4O3.CH4.ClH/c1-3-26(4-2)14-6-5-7-21(28)17-8-11-19(12-9-17)27-16-20(24-25-27)18-10-13-22(29)23(30)15-18;;/h8-13,15-16,29-30H,3-7,14H2,1-2H3;1H4;1H. The molecule has 3 N–H and O–H groups in total. The third-order valence-corrected chi connectivity index (χ3v) is 5.40. The van der Waals surface area contributed by atoms with Gasteiger partial charge in [-0.15, -0.1) is 5.10 Å². The summed E-state index contributed by atoms with van der Waals surface area (Å²) >= 11 is 0. The number of phenols is 2. The molecule has 7 nitrogen and oxygen atoms in total. The van der Waals surface area contributed by atoms with Gasteiger partial charge >= 0.3 is 0 Å². The molecule has 8 heteroatoms. The molecule has 0 amide bonds. The van der Waals surface area contributed by atoms with Crippen molar-refractivity contribution in [2.75, 3.05) is 19.6 Å². The lowest BCUT2D eigenvalue weighted by Crippen LogP contribution is -3.11. The maximum absolute atomic E-state index is 12.4. The van der Waals surface area contributed by atoms with Crippen molar-refractivity contribution in [2.45, 2.75) is 40.5 Å². The van der Waals surface area contributed by atoms with Crippen LogP contribution in [-0.2, 0) is 0 Å². The molecule has 3 aromatic rings. The van der Waals surface area contributed by atoms with Crippen LogP contribution in [0.3, 0.4) is 0 Å². The number of nitrogens with zero attached hydrogens (tertiary/aromatic N) is 3. The van der Waals surface area contributed by atoms with E-state index >= 15 is 0 Å². The lowest BCUT2D eigenvalue weighted by atomic mass is 10.0. The Morgan fingerprint density at radius 2 is 1.69 bits per heavy atom. The van der Waals surface area contributed by atoms with E-state index < -0.39 is 0 Å². The van der Waals surface area contributed by atoms with Crippen molar-refractivity contribution in [1.29, 1.82) is 0 Å². The van der Waals surface area contributed by atoms with Crippen molar-refractivity contribution in [1.82, 2.24) is 15.0 Å². The first-order valence-electron chi connectivity index (χ1n) is 10.4. The summed E-state index contributed by atoms with van der Waals surface area (Å²) < 4.78 is 1.61. The van der Waals surface area contributed by atoms with Crippen LogP contribution in [0.4, 0.5) is 0 Å². The molecule has 0 saturated heterocycles. The van der Waals surface area contributed by atoms with Gasteiger partial charge in [0.25, 0.3) is 0 Å². The summed E-state index contributed by atoms with van der Waals surface area (Å²) in [4.78, 5) is 14.0. The van der Waals surface area contributed by atoms with Gasteiger partial charge in [-0.05, 0) is 69.2 Å². The van der Waals surface area contributed by atoms with Crippen LogP contribution in [0.25, 0.3) is 16.9 Å². The third kappa shape index (κ3) is 6.80. The highest BCUT2D eigenvalue weighted by Gasteiger charge is 2.10. The van der Waals surface area contributed by atoms with Gasteiger partial charge in [-0.1, -0.05) is 12.6 Å². The van der Waals surface area contributed by atoms with Crippen LogP contribution in [-0.4, -0.2) is 50.6 Å². The Balaban J connectivity index is 0.00000256. The summed E-state index contributed by atoms with van der Waals surface area (Å²) in [6, 6.07) is 11.8. The molecule has 32 heavy (non-hydrogen) atoms. The second-order valence-corrected chi connectivity index (χ2v) is 7.39. The van der Waals surface area contributed by atoms with E-state index in [4.69, 9.17) is 0 Å². The molecule has 0 bridgehead atoms. The van der Waals surface area contributed by atoms with Gasteiger partial charge in [-0.3, -0.25) is 4.79 Å². The minimum absolute atomic E-state index is 0. The van der Waals surface area contributed by atoms with Crippen LogP contribution in [0.5, 0.6) is 11.5 Å². The van der Waals surface area contributed by atoms with Gasteiger partial charge in [0.1, 0.15) is 5.69 Å². The highest BCUT2D eigenvalue weighted by atomic mass is 35.5. The molecule has 0 aliphatic carbocycles. The molecule has 2 aromatic carbocycles. The number of phenolic OH excluding ortho intramolecular Hbond substituents is 2. The van der Waals surface area contributed by atoms with Crippen LogP contribution >= 0.6 is 0 Å². The highest BCUT2D eigenvalue weighted by molar-refractivity contribution is 5.96. The number of nitrogens with one attached hydrogen (secondary N) is 1. The Bertz CT molecular complexity index is 985. The van der Waals surface area contributed by atoms with Crippen molar-refractivity contribution in [3.8, 4) is 28.4 Å². The van der Waals surface area contributed by atoms with E-state index in [1.54, 1.807) is 21.8 Å². The number of quaternary nitrogens is 1. The molecule has 0 aliphatic heterocycles. The molecule has 0 unspecified atom stereocenters. The number of rotatable bonds is 10. The Morgan fingerprint density at radius 3 is 2.31 bits per heavy atom. The number of benzene rings is 2. The molecular weight excluding hydrogens is 428 g/mol. The summed E-state index contributed by atoms with van der Waals surface area (Å²) in [7, 11) is 0. The Morgan fingerprint density at radius 1 is 1.00 bits per heavy atom. The normalized spacial score (nSPS) is 10.5. The molecule has 0 saturated carbocycles. The summed E-state index contributed by atoms with van der Waals surface area (Å²) in [5.74, 6) is -0.223. The fourth-order valence-corrected chi connectivity index (χ4v) is 3.41. The molecule has 0 aliphatic rings. The Labute approximate surface area is 196 Å². The number of Topliss-reactive ketones (excluding diaryl/α,β-unsaturated/α-hetero) is 1. The molecule has 0 atom stereocenters. The lowest BCUT2D eigenvalue weighted by molar-refractivity contribution is -0.896. The van der Waals surface area contributed by atoms with E-state index in [0.717, 1.165) is 38.2 Å². The van der Waals surface area contributed by atoms with Gasteiger partial charge in [-0.2, -0.15) is 0 Å². The minimum Gasteiger partial charge on any atom is -1.00 e. The van der Waals surface area contributed by atoms with Gasteiger partial charge in [0.05, 0.1) is 31.5 Å². The van der Waals surface area contributed by atoms with Gasteiger partial charge in [0.2, 0.25) is 0 Å². The summed E-state index contributed by atoms with van der Waals surface area (Å²) in [6.45, 7) is 7.76. The molecular formula is C24H33ClN4O3. The summed E-state index contributed by atoms with van der Waals surface area (Å²) in [6.07, 6.45) is 4.28. The van der Waals surface area contributed by atoms with Crippen LogP contribution in [0.2, 0.25) is 0 Å². The zero-order valence-electron chi connectivity index (χ0n) is 17.9. The first-order valence-corrected chi connectivity index (χ1v) is 10.4. The largest absolute Gasteiger partial charge is 1.00 e. The van der Waals surface area contributed by atoms with Gasteiger partial charge in [0.15, 0.2) is 17.3 Å². The van der Waals surface area contributed by atoms with E-state index in [9.17, 15) is 15.0 Å². The molecule has 174 valence electrons. The van der Waals surface area contributed by atoms with Crippen LogP contribution in [0.15, 0.2) is 48.7 Å². The monoisotopic (exact) mass is 460 g/mol. The fourth-order valence-electron chi connectivity index (χ4n) is 3.41. The van der Waals surface area contributed by atoms with Crippen LogP contribution in [0, 0.1) is 0 Å². The number of ketones is 1. The minimum atomic E-state index is -0.205. The smallest absolute Gasteiger partial charge is 0.162 e. The Hall–Kier alpha value is -2.90. The molecule has 1 heterocycles. The number of unbranched alkanes of at least 4 members (excludes halogenated alkanes) is 1. The SMILES string of the molecule is C.CC[NH+](CC)CCCCC(=O)c1ccc(-n2cc(-c3ccc(O)c(O)c3)nn2)cc1.[Cl-]. The maximum Gasteiger partial charge on any atom is 0.162 e. The number of carbonyl (C=O) groups excluding carboxylic acids is 1. The average Bonchev–Trinajstić information content (AvgIpc) is 3.26. The lowest BCUT2D eigenvalue weighted by Gasteiger charge is -2.14. The van der Waals surface area contributed by atoms with Crippen molar-refractivity contribution >= 4 is 5.78 Å². The van der Waals surface area contributed by atoms with E-state index in [0.29, 0.717) is 23.2 Å². The fraction of sp³-hybridized carbons (Fsp3) is 0.375. The predicted octanol–water partition coefficient (Wildman–Crippen LogP) is 0.263. The second-order valence-electron chi connectivity index (χ2n) is 7.39. The number of carbonyl (C=O) groups is 1. The van der Waals surface area contributed by atoms with Gasteiger partial charge < -0.3 is 27.5 Å². The second kappa shape index (κ2) is 12.8. The van der Waals surface area contributed by atoms with Gasteiger partial charge in [0, 0.05) is 17.5 Å². The number of hydrogen-bond donors (Lipinski definition) is 3. The van der Waals surface area contributed by atoms with E-state index in [-0.39, 0.29) is 37.1 Å². The van der Waals surface area contributed by atoms with Gasteiger partial charge in [-0.25, -0.2) is 4.68 Å². The number of aromatic nitrogens is 3. The number of hydrogen-bond acceptors (Lipinski definition) is 5. The zero-order chi connectivity index (χ0) is 21.5. The maximum atomic E-state index is 12.4. The van der Waals surface area contributed by atoms with Crippen LogP contribution in [0.1, 0.15) is 50.9 Å². The van der Waals surface area contributed by atoms with Crippen molar-refractivity contribution in [2.24, 2.45) is 0 Å². The highest BCUT2D eigenvalue weighted by Crippen LogP contribution is 2.29. The third-order valence-electron chi connectivity index (χ3n) is 5.40. The van der Waals surface area contributed by atoms with E-state index in [2.05, 4.69) is 24.2 Å². The average molecular weight is 461 g/mol. The van der Waals surface area contributed by atoms with Crippen molar-refractivity contribution < 1.29 is 32.3 Å². The first kappa shape index (κ1) is 27.1. The number of aromatic hydroxyl groups is 2. The molecule has 1 aromatic heterocycles.